The Hall–Kier alpha value is -5.54. The molecule has 0 bridgehead atoms. The molecule has 48 heavy (non-hydrogen) atoms. The Morgan fingerprint density at radius 1 is 0.312 bits per heavy atom. The lowest BCUT2D eigenvalue weighted by Gasteiger charge is -2.19. The van der Waals surface area contributed by atoms with E-state index in [4.69, 9.17) is 0 Å². The Labute approximate surface area is 284 Å². The van der Waals surface area contributed by atoms with Crippen molar-refractivity contribution in [2.75, 3.05) is 0 Å². The second kappa shape index (κ2) is 9.98. The molecule has 0 aliphatic heterocycles. The summed E-state index contributed by atoms with van der Waals surface area (Å²) in [7, 11) is 0. The summed E-state index contributed by atoms with van der Waals surface area (Å²) < 4.78 is 5.43. The van der Waals surface area contributed by atoms with E-state index in [9.17, 15) is 0 Å². The Balaban J connectivity index is 1.23. The number of rotatable bonds is 2. The minimum Gasteiger partial charge on any atom is -0.135 e. The molecule has 0 atom stereocenters. The fourth-order valence-electron chi connectivity index (χ4n) is 8.19. The first-order chi connectivity index (χ1) is 23.8. The van der Waals surface area contributed by atoms with Gasteiger partial charge in [-0.2, -0.15) is 0 Å². The highest BCUT2D eigenvalue weighted by atomic mass is 32.1. The lowest BCUT2D eigenvalue weighted by atomic mass is 9.84. The van der Waals surface area contributed by atoms with E-state index in [1.807, 2.05) is 22.7 Å². The van der Waals surface area contributed by atoms with Crippen LogP contribution in [-0.4, -0.2) is 0 Å². The third-order valence-corrected chi connectivity index (χ3v) is 12.6. The normalized spacial score (nSPS) is 12.2. The molecule has 2 heteroatoms. The Bertz CT molecular complexity index is 3060. The third kappa shape index (κ3) is 3.65. The van der Waals surface area contributed by atoms with E-state index >= 15 is 0 Å². The quantitative estimate of drug-likeness (QED) is 0.165. The molecular formula is C46H26S2. The number of benzene rings is 9. The summed E-state index contributed by atoms with van der Waals surface area (Å²) in [6.45, 7) is 0. The topological polar surface area (TPSA) is 0 Å². The van der Waals surface area contributed by atoms with E-state index in [0.29, 0.717) is 0 Å². The van der Waals surface area contributed by atoms with Gasteiger partial charge in [-0.3, -0.25) is 0 Å². The van der Waals surface area contributed by atoms with Crippen molar-refractivity contribution in [1.29, 1.82) is 0 Å². The summed E-state index contributed by atoms with van der Waals surface area (Å²) in [5.74, 6) is 0. The molecule has 0 nitrogen and oxygen atoms in total. The largest absolute Gasteiger partial charge is 0.135 e. The second-order valence-corrected chi connectivity index (χ2v) is 14.9. The molecule has 222 valence electrons. The molecule has 0 aliphatic rings. The smallest absolute Gasteiger partial charge is 0.0440 e. The molecule has 11 aromatic rings. The van der Waals surface area contributed by atoms with Gasteiger partial charge >= 0.3 is 0 Å². The van der Waals surface area contributed by atoms with E-state index in [2.05, 4.69) is 158 Å². The zero-order valence-corrected chi connectivity index (χ0v) is 27.5. The van der Waals surface area contributed by atoms with Crippen LogP contribution in [0.5, 0.6) is 0 Å². The summed E-state index contributed by atoms with van der Waals surface area (Å²) in [6, 6.07) is 58.8. The molecule has 0 amide bonds. The third-order valence-electron chi connectivity index (χ3n) is 10.2. The molecule has 9 aromatic carbocycles. The van der Waals surface area contributed by atoms with E-state index in [1.54, 1.807) is 0 Å². The SMILES string of the molecule is c1ccc2c(-c3c4ccccc4c(-c4ccc5sc6c(ccc7ccc8sc9ccccc9c8c76)c5c4)c4ccccc34)cccc2c1. The molecule has 0 unspecified atom stereocenters. The monoisotopic (exact) mass is 642 g/mol. The number of hydrogen-bond acceptors (Lipinski definition) is 2. The first-order valence-electron chi connectivity index (χ1n) is 16.4. The summed E-state index contributed by atoms with van der Waals surface area (Å²) in [5.41, 5.74) is 5.16. The van der Waals surface area contributed by atoms with Crippen LogP contribution in [0.1, 0.15) is 0 Å². The highest BCUT2D eigenvalue weighted by Gasteiger charge is 2.19. The van der Waals surface area contributed by atoms with Gasteiger partial charge in [-0.05, 0) is 84.2 Å². The molecule has 0 N–H and O–H groups in total. The standard InChI is InChI=1S/C46H26S2/c1-2-12-30-27(10-1)11-9-18-31(30)44-34-15-5-3-13-32(34)42(33-14-4-6-16-35(33)44)29-22-24-40-38(26-29)36-23-20-28-21-25-41-45(43(28)46(36)48-40)37-17-7-8-19-39(37)47-41/h1-26H. The van der Waals surface area contributed by atoms with Crippen molar-refractivity contribution in [2.45, 2.75) is 0 Å². The molecule has 0 saturated heterocycles. The lowest BCUT2D eigenvalue weighted by Crippen LogP contribution is -1.91. The van der Waals surface area contributed by atoms with Crippen molar-refractivity contribution < 1.29 is 0 Å². The maximum atomic E-state index is 2.46. The van der Waals surface area contributed by atoms with Gasteiger partial charge in [0, 0.05) is 45.7 Å². The van der Waals surface area contributed by atoms with Gasteiger partial charge in [-0.1, -0.05) is 133 Å². The molecule has 0 radical (unpaired) electrons. The van der Waals surface area contributed by atoms with E-state index < -0.39 is 0 Å². The minimum absolute atomic E-state index is 1.26. The maximum absolute atomic E-state index is 2.46. The number of fused-ring (bicyclic) bond motifs is 12. The van der Waals surface area contributed by atoms with Gasteiger partial charge in [-0.15, -0.1) is 22.7 Å². The van der Waals surface area contributed by atoms with Gasteiger partial charge in [0.15, 0.2) is 0 Å². The maximum Gasteiger partial charge on any atom is 0.0440 e. The first-order valence-corrected chi connectivity index (χ1v) is 18.1. The minimum atomic E-state index is 1.26. The molecule has 0 fully saturated rings. The summed E-state index contributed by atoms with van der Waals surface area (Å²) in [5, 5.41) is 15.8. The molecule has 2 aromatic heterocycles. The van der Waals surface area contributed by atoms with Gasteiger partial charge in [0.1, 0.15) is 0 Å². The van der Waals surface area contributed by atoms with Crippen LogP contribution in [-0.2, 0) is 0 Å². The Morgan fingerprint density at radius 2 is 0.917 bits per heavy atom. The Morgan fingerprint density at radius 3 is 1.71 bits per heavy atom. The summed E-state index contributed by atoms with van der Waals surface area (Å²) in [6.07, 6.45) is 0. The Kier molecular flexibility index (Phi) is 5.51. The van der Waals surface area contributed by atoms with Crippen molar-refractivity contribution in [3.8, 4) is 22.3 Å². The average Bonchev–Trinajstić information content (AvgIpc) is 3.72. The van der Waals surface area contributed by atoms with Gasteiger partial charge in [-0.25, -0.2) is 0 Å². The van der Waals surface area contributed by atoms with Crippen molar-refractivity contribution in [2.24, 2.45) is 0 Å². The van der Waals surface area contributed by atoms with Crippen LogP contribution in [0.4, 0.5) is 0 Å². The van der Waals surface area contributed by atoms with Crippen LogP contribution in [0.3, 0.4) is 0 Å². The van der Waals surface area contributed by atoms with E-state index in [0.717, 1.165) is 0 Å². The van der Waals surface area contributed by atoms with Crippen LogP contribution in [0.2, 0.25) is 0 Å². The van der Waals surface area contributed by atoms with E-state index in [-0.39, 0.29) is 0 Å². The summed E-state index contributed by atoms with van der Waals surface area (Å²) in [4.78, 5) is 0. The molecule has 11 rings (SSSR count). The first kappa shape index (κ1) is 26.5. The molecule has 0 spiro atoms. The lowest BCUT2D eigenvalue weighted by molar-refractivity contribution is 1.69. The fraction of sp³-hybridized carbons (Fsp3) is 0. The summed E-state index contributed by atoms with van der Waals surface area (Å²) >= 11 is 3.83. The molecular weight excluding hydrogens is 617 g/mol. The van der Waals surface area contributed by atoms with Crippen LogP contribution in [0.15, 0.2) is 158 Å². The van der Waals surface area contributed by atoms with Gasteiger partial charge in [0.2, 0.25) is 0 Å². The van der Waals surface area contributed by atoms with E-state index in [1.165, 1.54) is 106 Å². The number of thiophene rings is 2. The molecule has 0 saturated carbocycles. The highest BCUT2D eigenvalue weighted by molar-refractivity contribution is 7.28. The van der Waals surface area contributed by atoms with Crippen LogP contribution >= 0.6 is 22.7 Å². The van der Waals surface area contributed by atoms with Crippen molar-refractivity contribution >= 4 is 106 Å². The van der Waals surface area contributed by atoms with Gasteiger partial charge in [0.05, 0.1) is 0 Å². The zero-order valence-electron chi connectivity index (χ0n) is 25.8. The van der Waals surface area contributed by atoms with Crippen molar-refractivity contribution in [3.63, 3.8) is 0 Å². The predicted molar refractivity (Wildman–Crippen MR) is 213 cm³/mol. The van der Waals surface area contributed by atoms with Crippen molar-refractivity contribution in [3.05, 3.63) is 158 Å². The fourth-order valence-corrected chi connectivity index (χ4v) is 10.5. The van der Waals surface area contributed by atoms with Crippen molar-refractivity contribution in [1.82, 2.24) is 0 Å². The molecule has 2 heterocycles. The zero-order chi connectivity index (χ0) is 31.3. The van der Waals surface area contributed by atoms with Crippen LogP contribution in [0, 0.1) is 0 Å². The highest BCUT2D eigenvalue weighted by Crippen LogP contribution is 2.48. The predicted octanol–water partition coefficient (Wildman–Crippen LogP) is 14.4. The average molecular weight is 643 g/mol. The van der Waals surface area contributed by atoms with Gasteiger partial charge in [0.25, 0.3) is 0 Å². The van der Waals surface area contributed by atoms with Crippen LogP contribution < -0.4 is 0 Å². The van der Waals surface area contributed by atoms with Gasteiger partial charge < -0.3 is 0 Å². The second-order valence-electron chi connectivity index (χ2n) is 12.8. The molecule has 0 aliphatic carbocycles. The number of hydrogen-bond donors (Lipinski definition) is 0. The van der Waals surface area contributed by atoms with Crippen LogP contribution in [0.25, 0.3) is 106 Å².